The van der Waals surface area contributed by atoms with Crippen LogP contribution in [0.25, 0.3) is 0 Å². The topological polar surface area (TPSA) is 59.1 Å². The van der Waals surface area contributed by atoms with E-state index in [-0.39, 0.29) is 17.8 Å². The molecule has 0 aromatic heterocycles. The SMILES string of the molecule is CCCCN(CC(=O)C1CCN(C(=O)OC(C)(C)C)CC1)c1ccc(Oc2ccc(Cl)cc2)cc1. The van der Waals surface area contributed by atoms with Crippen LogP contribution in [-0.2, 0) is 9.53 Å². The molecule has 0 N–H and O–H groups in total. The lowest BCUT2D eigenvalue weighted by atomic mass is 9.92. The highest BCUT2D eigenvalue weighted by Crippen LogP contribution is 2.27. The van der Waals surface area contributed by atoms with Crippen molar-refractivity contribution in [3.63, 3.8) is 0 Å². The normalized spacial score (nSPS) is 14.5. The summed E-state index contributed by atoms with van der Waals surface area (Å²) in [6.45, 7) is 10.0. The Morgan fingerprint density at radius 1 is 1.00 bits per heavy atom. The first-order valence-corrected chi connectivity index (χ1v) is 12.8. The summed E-state index contributed by atoms with van der Waals surface area (Å²) in [5, 5.41) is 0.666. The van der Waals surface area contributed by atoms with Crippen LogP contribution in [0.2, 0.25) is 5.02 Å². The first-order chi connectivity index (χ1) is 16.6. The average molecular weight is 501 g/mol. The van der Waals surface area contributed by atoms with Gasteiger partial charge in [0.15, 0.2) is 5.78 Å². The number of carbonyl (C=O) groups excluding carboxylic acids is 2. The van der Waals surface area contributed by atoms with Crippen LogP contribution in [0.15, 0.2) is 48.5 Å². The molecule has 2 aromatic rings. The van der Waals surface area contributed by atoms with Gasteiger partial charge in [0.2, 0.25) is 0 Å². The Bertz CT molecular complexity index is 962. The van der Waals surface area contributed by atoms with E-state index >= 15 is 0 Å². The maximum atomic E-state index is 13.2. The summed E-state index contributed by atoms with van der Waals surface area (Å²) in [6, 6.07) is 15.1. The Hall–Kier alpha value is -2.73. The number of unbranched alkanes of at least 4 members (excludes halogenated alkanes) is 1. The van der Waals surface area contributed by atoms with Crippen molar-refractivity contribution in [1.82, 2.24) is 4.90 Å². The number of benzene rings is 2. The van der Waals surface area contributed by atoms with Crippen molar-refractivity contribution in [2.75, 3.05) is 31.1 Å². The van der Waals surface area contributed by atoms with Gasteiger partial charge in [0.25, 0.3) is 0 Å². The number of likely N-dealkylation sites (tertiary alicyclic amines) is 1. The minimum atomic E-state index is -0.515. The van der Waals surface area contributed by atoms with Gasteiger partial charge in [-0.3, -0.25) is 4.79 Å². The van der Waals surface area contributed by atoms with Crippen molar-refractivity contribution in [2.24, 2.45) is 5.92 Å². The van der Waals surface area contributed by atoms with E-state index in [0.717, 1.165) is 36.6 Å². The van der Waals surface area contributed by atoms with Gasteiger partial charge in [-0.05, 0) is 88.6 Å². The second-order valence-corrected chi connectivity index (χ2v) is 10.5. The molecule has 0 atom stereocenters. The lowest BCUT2D eigenvalue weighted by molar-refractivity contribution is -0.123. The van der Waals surface area contributed by atoms with E-state index in [4.69, 9.17) is 21.1 Å². The molecule has 6 nitrogen and oxygen atoms in total. The quantitative estimate of drug-likeness (QED) is 0.372. The van der Waals surface area contributed by atoms with E-state index in [1.165, 1.54) is 0 Å². The zero-order valence-electron chi connectivity index (χ0n) is 21.3. The number of carbonyl (C=O) groups is 2. The van der Waals surface area contributed by atoms with E-state index in [2.05, 4.69) is 11.8 Å². The Balaban J connectivity index is 1.58. The molecule has 1 fully saturated rings. The summed E-state index contributed by atoms with van der Waals surface area (Å²) in [5.74, 6) is 1.64. The number of rotatable bonds is 9. The van der Waals surface area contributed by atoms with Gasteiger partial charge in [-0.15, -0.1) is 0 Å². The molecule has 1 saturated heterocycles. The molecular formula is C28H37ClN2O4. The number of hydrogen-bond acceptors (Lipinski definition) is 5. The molecule has 0 spiro atoms. The van der Waals surface area contributed by atoms with Gasteiger partial charge in [-0.1, -0.05) is 24.9 Å². The number of nitrogens with zero attached hydrogens (tertiary/aromatic N) is 2. The van der Waals surface area contributed by atoms with Crippen molar-refractivity contribution in [1.29, 1.82) is 0 Å². The molecule has 1 aliphatic heterocycles. The van der Waals surface area contributed by atoms with Gasteiger partial charge < -0.3 is 19.3 Å². The van der Waals surface area contributed by atoms with Crippen molar-refractivity contribution < 1.29 is 19.1 Å². The highest BCUT2D eigenvalue weighted by molar-refractivity contribution is 6.30. The second kappa shape index (κ2) is 12.3. The highest BCUT2D eigenvalue weighted by Gasteiger charge is 2.30. The summed E-state index contributed by atoms with van der Waals surface area (Å²) < 4.78 is 11.4. The number of Topliss-reactive ketones (excluding diaryl/α,β-unsaturated/α-hetero) is 1. The summed E-state index contributed by atoms with van der Waals surface area (Å²) in [6.07, 6.45) is 3.11. The number of amides is 1. The van der Waals surface area contributed by atoms with Crippen LogP contribution in [0.3, 0.4) is 0 Å². The zero-order chi connectivity index (χ0) is 25.4. The molecule has 1 heterocycles. The first-order valence-electron chi connectivity index (χ1n) is 12.4. The van der Waals surface area contributed by atoms with Crippen LogP contribution in [0, 0.1) is 5.92 Å². The number of hydrogen-bond donors (Lipinski definition) is 0. The maximum Gasteiger partial charge on any atom is 0.410 e. The largest absolute Gasteiger partial charge is 0.457 e. The van der Waals surface area contributed by atoms with Crippen LogP contribution in [0.5, 0.6) is 11.5 Å². The Morgan fingerprint density at radius 2 is 1.57 bits per heavy atom. The van der Waals surface area contributed by atoms with Gasteiger partial charge in [0.05, 0.1) is 6.54 Å². The molecule has 0 saturated carbocycles. The standard InChI is InChI=1S/C28H37ClN2O4/c1-5-6-17-31(23-9-13-25(14-10-23)34-24-11-7-22(29)8-12-24)20-26(32)21-15-18-30(19-16-21)27(33)35-28(2,3)4/h7-14,21H,5-6,15-20H2,1-4H3. The van der Waals surface area contributed by atoms with E-state index in [1.54, 1.807) is 17.0 Å². The fourth-order valence-corrected chi connectivity index (χ4v) is 4.17. The van der Waals surface area contributed by atoms with E-state index in [0.29, 0.717) is 37.5 Å². The van der Waals surface area contributed by atoms with E-state index < -0.39 is 5.60 Å². The van der Waals surface area contributed by atoms with Gasteiger partial charge in [0, 0.05) is 36.3 Å². The molecule has 0 bridgehead atoms. The number of anilines is 1. The Morgan fingerprint density at radius 3 is 2.11 bits per heavy atom. The molecule has 1 amide bonds. The lowest BCUT2D eigenvalue weighted by Gasteiger charge is -2.34. The van der Waals surface area contributed by atoms with Crippen molar-refractivity contribution in [3.8, 4) is 11.5 Å². The van der Waals surface area contributed by atoms with E-state index in [9.17, 15) is 9.59 Å². The fourth-order valence-electron chi connectivity index (χ4n) is 4.04. The summed E-state index contributed by atoms with van der Waals surface area (Å²) >= 11 is 5.94. The summed E-state index contributed by atoms with van der Waals surface area (Å²) in [4.78, 5) is 29.4. The molecular weight excluding hydrogens is 464 g/mol. The highest BCUT2D eigenvalue weighted by atomic mass is 35.5. The molecule has 0 aliphatic carbocycles. The Kier molecular flexibility index (Phi) is 9.44. The molecule has 7 heteroatoms. The third kappa shape index (κ3) is 8.46. The third-order valence-electron chi connectivity index (χ3n) is 5.98. The van der Waals surface area contributed by atoms with Gasteiger partial charge in [-0.25, -0.2) is 4.79 Å². The average Bonchev–Trinajstić information content (AvgIpc) is 2.82. The molecule has 190 valence electrons. The summed E-state index contributed by atoms with van der Waals surface area (Å²) in [7, 11) is 0. The fraction of sp³-hybridized carbons (Fsp3) is 0.500. The van der Waals surface area contributed by atoms with Gasteiger partial charge >= 0.3 is 6.09 Å². The van der Waals surface area contributed by atoms with Crippen LogP contribution in [0.1, 0.15) is 53.4 Å². The predicted molar refractivity (Wildman–Crippen MR) is 141 cm³/mol. The molecule has 0 radical (unpaired) electrons. The maximum absolute atomic E-state index is 13.2. The molecule has 0 unspecified atom stereocenters. The van der Waals surface area contributed by atoms with Crippen molar-refractivity contribution >= 4 is 29.2 Å². The molecule has 3 rings (SSSR count). The molecule has 35 heavy (non-hydrogen) atoms. The number of piperidine rings is 1. The summed E-state index contributed by atoms with van der Waals surface area (Å²) in [5.41, 5.74) is 0.486. The van der Waals surface area contributed by atoms with Crippen LogP contribution in [0.4, 0.5) is 10.5 Å². The number of halogens is 1. The van der Waals surface area contributed by atoms with Crippen molar-refractivity contribution in [2.45, 2.75) is 59.0 Å². The monoisotopic (exact) mass is 500 g/mol. The van der Waals surface area contributed by atoms with Crippen LogP contribution >= 0.6 is 11.6 Å². The van der Waals surface area contributed by atoms with Gasteiger partial charge in [-0.2, -0.15) is 0 Å². The van der Waals surface area contributed by atoms with E-state index in [1.807, 2.05) is 57.2 Å². The first kappa shape index (κ1) is 26.9. The minimum absolute atomic E-state index is 0.0367. The minimum Gasteiger partial charge on any atom is -0.457 e. The number of ether oxygens (including phenoxy) is 2. The Labute approximate surface area is 214 Å². The smallest absolute Gasteiger partial charge is 0.410 e. The predicted octanol–water partition coefficient (Wildman–Crippen LogP) is 6.96. The van der Waals surface area contributed by atoms with Crippen LogP contribution in [-0.4, -0.2) is 48.6 Å². The third-order valence-corrected chi connectivity index (χ3v) is 6.23. The lowest BCUT2D eigenvalue weighted by Crippen LogP contribution is -2.44. The molecule has 1 aliphatic rings. The molecule has 2 aromatic carbocycles. The van der Waals surface area contributed by atoms with Crippen LogP contribution < -0.4 is 9.64 Å². The van der Waals surface area contributed by atoms with Gasteiger partial charge in [0.1, 0.15) is 17.1 Å². The second-order valence-electron chi connectivity index (χ2n) is 10.0. The van der Waals surface area contributed by atoms with Crippen molar-refractivity contribution in [3.05, 3.63) is 53.6 Å². The zero-order valence-corrected chi connectivity index (χ0v) is 22.0. The number of ketones is 1.